The van der Waals surface area contributed by atoms with Crippen molar-refractivity contribution < 1.29 is 14.2 Å². The maximum atomic E-state index is 5.49. The zero-order valence-electron chi connectivity index (χ0n) is 9.08. The minimum atomic E-state index is -0.292. The standard InChI is InChI=1S/C10H19NO3/c1-4-11-9(10(12-2)13-3)8-6-5-7-14-8/h6,9-11H,4-5,7H2,1-3H3. The summed E-state index contributed by atoms with van der Waals surface area (Å²) in [6.07, 6.45) is 2.76. The predicted molar refractivity (Wildman–Crippen MR) is 53.9 cm³/mol. The Bertz CT molecular complexity index is 190. The number of likely N-dealkylation sites (N-methyl/N-ethyl adjacent to an activating group) is 1. The van der Waals surface area contributed by atoms with Crippen molar-refractivity contribution >= 4 is 0 Å². The molecule has 0 bridgehead atoms. The number of nitrogens with one attached hydrogen (secondary N) is 1. The highest BCUT2D eigenvalue weighted by molar-refractivity contribution is 5.08. The summed E-state index contributed by atoms with van der Waals surface area (Å²) in [4.78, 5) is 0. The summed E-state index contributed by atoms with van der Waals surface area (Å²) in [7, 11) is 3.27. The fourth-order valence-electron chi connectivity index (χ4n) is 1.57. The zero-order chi connectivity index (χ0) is 10.4. The smallest absolute Gasteiger partial charge is 0.179 e. The van der Waals surface area contributed by atoms with Crippen LogP contribution in [0.1, 0.15) is 13.3 Å². The fourth-order valence-corrected chi connectivity index (χ4v) is 1.57. The first-order valence-corrected chi connectivity index (χ1v) is 4.95. The van der Waals surface area contributed by atoms with Crippen molar-refractivity contribution in [3.63, 3.8) is 0 Å². The van der Waals surface area contributed by atoms with Gasteiger partial charge in [0.2, 0.25) is 0 Å². The monoisotopic (exact) mass is 201 g/mol. The van der Waals surface area contributed by atoms with Crippen molar-refractivity contribution in [2.45, 2.75) is 25.7 Å². The predicted octanol–water partition coefficient (Wildman–Crippen LogP) is 0.888. The third-order valence-corrected chi connectivity index (χ3v) is 2.20. The van der Waals surface area contributed by atoms with Crippen LogP contribution in [-0.2, 0) is 14.2 Å². The van der Waals surface area contributed by atoms with Gasteiger partial charge < -0.3 is 19.5 Å². The first kappa shape index (κ1) is 11.5. The van der Waals surface area contributed by atoms with Gasteiger partial charge >= 0.3 is 0 Å². The number of hydrogen-bond acceptors (Lipinski definition) is 4. The highest BCUT2D eigenvalue weighted by Gasteiger charge is 2.26. The third-order valence-electron chi connectivity index (χ3n) is 2.20. The van der Waals surface area contributed by atoms with Crippen LogP contribution in [0, 0.1) is 0 Å². The lowest BCUT2D eigenvalue weighted by Gasteiger charge is -2.25. The molecule has 0 aromatic carbocycles. The summed E-state index contributed by atoms with van der Waals surface area (Å²) in [5.41, 5.74) is 0. The molecule has 0 spiro atoms. The van der Waals surface area contributed by atoms with Crippen LogP contribution in [0.2, 0.25) is 0 Å². The van der Waals surface area contributed by atoms with E-state index in [9.17, 15) is 0 Å². The van der Waals surface area contributed by atoms with Gasteiger partial charge in [-0.25, -0.2) is 0 Å². The highest BCUT2D eigenvalue weighted by atomic mass is 16.7. The molecule has 14 heavy (non-hydrogen) atoms. The number of methoxy groups -OCH3 is 2. The molecule has 0 aromatic heterocycles. The lowest BCUT2D eigenvalue weighted by molar-refractivity contribution is -0.122. The molecule has 0 amide bonds. The molecule has 82 valence electrons. The average molecular weight is 201 g/mol. The highest BCUT2D eigenvalue weighted by Crippen LogP contribution is 2.17. The SMILES string of the molecule is CCNC(C1=CCCO1)C(OC)OC. The molecule has 0 aliphatic carbocycles. The Balaban J connectivity index is 2.61. The topological polar surface area (TPSA) is 39.7 Å². The molecule has 1 N–H and O–H groups in total. The molecule has 4 heteroatoms. The second-order valence-corrected chi connectivity index (χ2v) is 3.12. The molecule has 1 aliphatic heterocycles. The fraction of sp³-hybridized carbons (Fsp3) is 0.800. The molecule has 0 radical (unpaired) electrons. The van der Waals surface area contributed by atoms with Crippen LogP contribution < -0.4 is 5.32 Å². The van der Waals surface area contributed by atoms with E-state index in [4.69, 9.17) is 14.2 Å². The maximum absolute atomic E-state index is 5.49. The Morgan fingerprint density at radius 2 is 2.21 bits per heavy atom. The van der Waals surface area contributed by atoms with E-state index in [0.29, 0.717) is 0 Å². The molecular formula is C10H19NO3. The maximum Gasteiger partial charge on any atom is 0.179 e. The van der Waals surface area contributed by atoms with Gasteiger partial charge in [0.15, 0.2) is 6.29 Å². The molecule has 4 nitrogen and oxygen atoms in total. The van der Waals surface area contributed by atoms with Crippen LogP contribution in [0.25, 0.3) is 0 Å². The van der Waals surface area contributed by atoms with Gasteiger partial charge in [-0.05, 0) is 12.6 Å². The minimum Gasteiger partial charge on any atom is -0.496 e. The van der Waals surface area contributed by atoms with E-state index in [-0.39, 0.29) is 12.3 Å². The van der Waals surface area contributed by atoms with E-state index in [2.05, 4.69) is 11.4 Å². The normalized spacial score (nSPS) is 18.1. The van der Waals surface area contributed by atoms with E-state index in [1.165, 1.54) is 0 Å². The molecular weight excluding hydrogens is 182 g/mol. The van der Waals surface area contributed by atoms with E-state index in [1.807, 2.05) is 6.92 Å². The molecule has 1 atom stereocenters. The summed E-state index contributed by atoms with van der Waals surface area (Å²) >= 11 is 0. The molecule has 0 saturated heterocycles. The second-order valence-electron chi connectivity index (χ2n) is 3.12. The lowest BCUT2D eigenvalue weighted by atomic mass is 10.2. The van der Waals surface area contributed by atoms with Crippen LogP contribution in [-0.4, -0.2) is 39.7 Å². The molecule has 1 heterocycles. The van der Waals surface area contributed by atoms with E-state index < -0.39 is 0 Å². The van der Waals surface area contributed by atoms with Crippen molar-refractivity contribution in [3.05, 3.63) is 11.8 Å². The Morgan fingerprint density at radius 1 is 1.50 bits per heavy atom. The molecule has 0 saturated carbocycles. The van der Waals surface area contributed by atoms with Gasteiger partial charge in [-0.2, -0.15) is 0 Å². The van der Waals surface area contributed by atoms with Crippen molar-refractivity contribution in [1.29, 1.82) is 0 Å². The van der Waals surface area contributed by atoms with E-state index in [1.54, 1.807) is 14.2 Å². The molecule has 1 aliphatic rings. The molecule has 1 rings (SSSR count). The first-order chi connectivity index (χ1) is 6.83. The van der Waals surface area contributed by atoms with Gasteiger partial charge in [0.05, 0.1) is 6.61 Å². The Morgan fingerprint density at radius 3 is 2.64 bits per heavy atom. The third kappa shape index (κ3) is 2.70. The summed E-state index contributed by atoms with van der Waals surface area (Å²) in [6, 6.07) is -0.00231. The van der Waals surface area contributed by atoms with Crippen LogP contribution in [0.5, 0.6) is 0 Å². The van der Waals surface area contributed by atoms with Crippen LogP contribution in [0.15, 0.2) is 11.8 Å². The van der Waals surface area contributed by atoms with Crippen molar-refractivity contribution in [3.8, 4) is 0 Å². The summed E-state index contributed by atoms with van der Waals surface area (Å²) < 4.78 is 15.9. The minimum absolute atomic E-state index is 0.00231. The average Bonchev–Trinajstić information content (AvgIpc) is 2.71. The van der Waals surface area contributed by atoms with Crippen molar-refractivity contribution in [2.24, 2.45) is 0 Å². The zero-order valence-corrected chi connectivity index (χ0v) is 9.08. The lowest BCUT2D eigenvalue weighted by Crippen LogP contribution is -2.43. The molecule has 1 unspecified atom stereocenters. The van der Waals surface area contributed by atoms with Crippen LogP contribution in [0.3, 0.4) is 0 Å². The number of rotatable bonds is 6. The number of ether oxygens (including phenoxy) is 3. The van der Waals surface area contributed by atoms with Crippen LogP contribution in [0.4, 0.5) is 0 Å². The van der Waals surface area contributed by atoms with Gasteiger partial charge in [0.25, 0.3) is 0 Å². The van der Waals surface area contributed by atoms with Gasteiger partial charge in [-0.3, -0.25) is 0 Å². The van der Waals surface area contributed by atoms with E-state index in [0.717, 1.165) is 25.3 Å². The Kier molecular flexibility index (Phi) is 4.93. The molecule has 0 aromatic rings. The quantitative estimate of drug-likeness (QED) is 0.648. The molecule has 0 fully saturated rings. The van der Waals surface area contributed by atoms with Gasteiger partial charge in [-0.15, -0.1) is 0 Å². The van der Waals surface area contributed by atoms with Crippen molar-refractivity contribution in [2.75, 3.05) is 27.4 Å². The van der Waals surface area contributed by atoms with Crippen molar-refractivity contribution in [1.82, 2.24) is 5.32 Å². The number of hydrogen-bond donors (Lipinski definition) is 1. The van der Waals surface area contributed by atoms with Gasteiger partial charge in [-0.1, -0.05) is 6.92 Å². The summed E-state index contributed by atoms with van der Waals surface area (Å²) in [6.45, 7) is 3.66. The van der Waals surface area contributed by atoms with Crippen LogP contribution >= 0.6 is 0 Å². The largest absolute Gasteiger partial charge is 0.496 e. The first-order valence-electron chi connectivity index (χ1n) is 4.95. The van der Waals surface area contributed by atoms with Gasteiger partial charge in [0, 0.05) is 20.6 Å². The van der Waals surface area contributed by atoms with Gasteiger partial charge in [0.1, 0.15) is 11.8 Å². The Labute approximate surface area is 85.2 Å². The second kappa shape index (κ2) is 6.01. The summed E-state index contributed by atoms with van der Waals surface area (Å²) in [5.74, 6) is 0.931. The summed E-state index contributed by atoms with van der Waals surface area (Å²) in [5, 5.41) is 3.28. The van der Waals surface area contributed by atoms with E-state index >= 15 is 0 Å². The Hall–Kier alpha value is -0.580.